The van der Waals surface area contributed by atoms with Crippen molar-refractivity contribution < 1.29 is 14.4 Å². The van der Waals surface area contributed by atoms with Crippen LogP contribution >= 0.6 is 9.39 Å². The van der Waals surface area contributed by atoms with E-state index in [1.807, 2.05) is 0 Å². The minimum atomic E-state index is -1.82. The molecule has 2 aliphatic heterocycles. The quantitative estimate of drug-likeness (QED) is 0.408. The zero-order chi connectivity index (χ0) is 12.9. The fraction of sp³-hybridized carbons (Fsp3) is 0.500. The lowest BCUT2D eigenvalue weighted by molar-refractivity contribution is 0.410. The molecule has 2 bridgehead atoms. The summed E-state index contributed by atoms with van der Waals surface area (Å²) in [7, 11) is 0.899. The Labute approximate surface area is 107 Å². The molecule has 1 aromatic rings. The molecule has 96 valence electrons. The summed E-state index contributed by atoms with van der Waals surface area (Å²) in [4.78, 5) is 5.76. The van der Waals surface area contributed by atoms with Crippen LogP contribution in [0.4, 0.5) is 10.1 Å². The normalized spacial score (nSPS) is 27.0. The van der Waals surface area contributed by atoms with Gasteiger partial charge < -0.3 is 14.9 Å². The Bertz CT molecular complexity index is 476. The molecule has 3 heterocycles. The Kier molecular flexibility index (Phi) is 3.02. The number of rotatable bonds is 2. The maximum Gasteiger partial charge on any atom is 0.493 e. The van der Waals surface area contributed by atoms with Gasteiger partial charge in [-0.15, -0.1) is 0 Å². The van der Waals surface area contributed by atoms with Crippen molar-refractivity contribution >= 4 is 27.7 Å². The van der Waals surface area contributed by atoms with Gasteiger partial charge in [-0.1, -0.05) is 9.39 Å². The van der Waals surface area contributed by atoms with Crippen LogP contribution in [0.5, 0.6) is 0 Å². The van der Waals surface area contributed by atoms with E-state index in [4.69, 9.17) is 10.0 Å². The average Bonchev–Trinajstić information content (AvgIpc) is 2.88. The Balaban J connectivity index is 1.88. The van der Waals surface area contributed by atoms with Gasteiger partial charge in [0.1, 0.15) is 0 Å². The predicted octanol–water partition coefficient (Wildman–Crippen LogP) is -1.05. The lowest BCUT2D eigenvalue weighted by atomic mass is 9.81. The predicted molar refractivity (Wildman–Crippen MR) is 70.0 cm³/mol. The number of aromatic nitrogens is 1. The molecule has 8 heteroatoms. The maximum absolute atomic E-state index is 13.3. The van der Waals surface area contributed by atoms with E-state index in [9.17, 15) is 4.39 Å². The monoisotopic (exact) mass is 269 g/mol. The summed E-state index contributed by atoms with van der Waals surface area (Å²) in [6.07, 6.45) is 2.53. The van der Waals surface area contributed by atoms with E-state index in [1.54, 1.807) is 0 Å². The first-order valence-corrected chi connectivity index (χ1v) is 6.37. The molecule has 0 spiro atoms. The molecule has 5 nitrogen and oxygen atoms in total. The molecule has 0 aromatic carbocycles. The number of hydrogen-bond acceptors (Lipinski definition) is 5. The van der Waals surface area contributed by atoms with Gasteiger partial charge in [0.15, 0.2) is 0 Å². The van der Waals surface area contributed by atoms with Crippen LogP contribution in [0.25, 0.3) is 0 Å². The summed E-state index contributed by atoms with van der Waals surface area (Å²) in [6.45, 7) is 1.81. The molecule has 18 heavy (non-hydrogen) atoms. The van der Waals surface area contributed by atoms with Crippen LogP contribution in [0.1, 0.15) is 6.42 Å². The minimum absolute atomic E-state index is 0.169. The maximum atomic E-state index is 13.3. The fourth-order valence-corrected chi connectivity index (χ4v) is 3.26. The van der Waals surface area contributed by atoms with Crippen molar-refractivity contribution in [2.24, 2.45) is 0 Å². The fourth-order valence-electron chi connectivity index (χ4n) is 2.81. The second-order valence-electron chi connectivity index (χ2n) is 4.84. The largest absolute Gasteiger partial charge is 0.493 e. The second-order valence-corrected chi connectivity index (χ2v) is 5.50. The summed E-state index contributed by atoms with van der Waals surface area (Å²) in [6, 6.07) is 2.36. The second kappa shape index (κ2) is 4.42. The summed E-state index contributed by atoms with van der Waals surface area (Å²) in [5.41, 5.74) is 0.586. The minimum Gasteiger partial charge on any atom is -0.423 e. The summed E-state index contributed by atoms with van der Waals surface area (Å²) in [5.74, 6) is -0.828. The van der Waals surface area contributed by atoms with Gasteiger partial charge in [0.05, 0.1) is 11.9 Å². The number of anilines is 1. The van der Waals surface area contributed by atoms with E-state index >= 15 is 0 Å². The molecule has 0 amide bonds. The molecule has 0 saturated carbocycles. The van der Waals surface area contributed by atoms with Crippen molar-refractivity contribution in [1.29, 1.82) is 0 Å². The van der Waals surface area contributed by atoms with E-state index in [0.29, 0.717) is 12.1 Å². The SMILES string of the molecule is OB(O)c1cc(N2CC3CC2CN3P)cnc1F. The zero-order valence-electron chi connectivity index (χ0n) is 9.70. The van der Waals surface area contributed by atoms with Crippen LogP contribution in [0.3, 0.4) is 0 Å². The summed E-state index contributed by atoms with van der Waals surface area (Å²) >= 11 is 0. The molecule has 0 radical (unpaired) electrons. The summed E-state index contributed by atoms with van der Waals surface area (Å²) < 4.78 is 15.5. The topological polar surface area (TPSA) is 59.8 Å². The van der Waals surface area contributed by atoms with Gasteiger partial charge in [0.25, 0.3) is 0 Å². The lowest BCUT2D eigenvalue weighted by Gasteiger charge is -2.33. The molecule has 0 aliphatic carbocycles. The van der Waals surface area contributed by atoms with Gasteiger partial charge in [-0.3, -0.25) is 4.67 Å². The molecule has 2 aliphatic rings. The Morgan fingerprint density at radius 1 is 1.39 bits per heavy atom. The first-order valence-electron chi connectivity index (χ1n) is 5.86. The van der Waals surface area contributed by atoms with Crippen LogP contribution in [-0.2, 0) is 0 Å². The molecule has 1 aromatic heterocycles. The van der Waals surface area contributed by atoms with E-state index in [1.165, 1.54) is 12.3 Å². The van der Waals surface area contributed by atoms with Crippen molar-refractivity contribution in [3.05, 3.63) is 18.2 Å². The molecular weight excluding hydrogens is 255 g/mol. The molecule has 2 fully saturated rings. The third-order valence-corrected chi connectivity index (χ3v) is 4.38. The van der Waals surface area contributed by atoms with Gasteiger partial charge >= 0.3 is 7.12 Å². The smallest absolute Gasteiger partial charge is 0.423 e. The van der Waals surface area contributed by atoms with Crippen LogP contribution in [0, 0.1) is 5.95 Å². The van der Waals surface area contributed by atoms with Crippen LogP contribution in [-0.4, -0.2) is 52.0 Å². The highest BCUT2D eigenvalue weighted by Gasteiger charge is 2.42. The van der Waals surface area contributed by atoms with Crippen molar-refractivity contribution in [2.45, 2.75) is 18.5 Å². The standard InChI is InChI=1S/C10H14BFN3O2P/c12-10-9(11(16)17)2-6(3-13-10)14-4-8-1-7(14)5-15(8)18/h2-3,7-8,16-17H,1,4-5,18H2. The van der Waals surface area contributed by atoms with Crippen molar-refractivity contribution in [1.82, 2.24) is 9.65 Å². The van der Waals surface area contributed by atoms with Crippen LogP contribution < -0.4 is 10.4 Å². The highest BCUT2D eigenvalue weighted by atomic mass is 31.0. The van der Waals surface area contributed by atoms with Gasteiger partial charge in [-0.25, -0.2) is 4.98 Å². The Morgan fingerprint density at radius 2 is 2.17 bits per heavy atom. The van der Waals surface area contributed by atoms with E-state index in [-0.39, 0.29) is 5.46 Å². The van der Waals surface area contributed by atoms with Crippen LogP contribution in [0.2, 0.25) is 0 Å². The number of pyridine rings is 1. The van der Waals surface area contributed by atoms with E-state index in [0.717, 1.165) is 25.2 Å². The van der Waals surface area contributed by atoms with Crippen molar-refractivity contribution in [3.8, 4) is 0 Å². The molecule has 3 rings (SSSR count). The first kappa shape index (κ1) is 12.3. The first-order chi connectivity index (χ1) is 8.56. The molecule has 3 atom stereocenters. The average molecular weight is 269 g/mol. The number of piperazine rings is 1. The van der Waals surface area contributed by atoms with Gasteiger partial charge in [-0.05, 0) is 12.5 Å². The number of fused-ring (bicyclic) bond motifs is 2. The Hall–Kier alpha value is -0.745. The molecule has 2 saturated heterocycles. The molecule has 2 N–H and O–H groups in total. The summed E-state index contributed by atoms with van der Waals surface area (Å²) in [5, 5.41) is 18.2. The highest BCUT2D eigenvalue weighted by molar-refractivity contribution is 7.13. The van der Waals surface area contributed by atoms with Gasteiger partial charge in [0.2, 0.25) is 5.95 Å². The third kappa shape index (κ3) is 1.91. The van der Waals surface area contributed by atoms with Gasteiger partial charge in [0, 0.05) is 30.6 Å². The van der Waals surface area contributed by atoms with Crippen molar-refractivity contribution in [2.75, 3.05) is 18.0 Å². The van der Waals surface area contributed by atoms with Gasteiger partial charge in [-0.2, -0.15) is 4.39 Å². The number of halogens is 1. The third-order valence-electron chi connectivity index (χ3n) is 3.74. The number of hydrogen-bond donors (Lipinski definition) is 2. The highest BCUT2D eigenvalue weighted by Crippen LogP contribution is 2.35. The van der Waals surface area contributed by atoms with Crippen molar-refractivity contribution in [3.63, 3.8) is 0 Å². The number of nitrogens with zero attached hydrogens (tertiary/aromatic N) is 3. The van der Waals surface area contributed by atoms with E-state index < -0.39 is 13.1 Å². The lowest BCUT2D eigenvalue weighted by Crippen LogP contribution is -2.43. The molecule has 3 unspecified atom stereocenters. The van der Waals surface area contributed by atoms with E-state index in [2.05, 4.69) is 23.9 Å². The zero-order valence-corrected chi connectivity index (χ0v) is 10.9. The molecular formula is C10H14BFN3O2P. The Morgan fingerprint density at radius 3 is 2.72 bits per heavy atom. The van der Waals surface area contributed by atoms with Crippen LogP contribution in [0.15, 0.2) is 12.3 Å².